The summed E-state index contributed by atoms with van der Waals surface area (Å²) in [6, 6.07) is 15.5. The van der Waals surface area contributed by atoms with E-state index in [-0.39, 0.29) is 10.8 Å². The fraction of sp³-hybridized carbons (Fsp3) is 0.520. The van der Waals surface area contributed by atoms with Crippen molar-refractivity contribution in [1.82, 2.24) is 0 Å². The van der Waals surface area contributed by atoms with Crippen molar-refractivity contribution in [3.63, 3.8) is 0 Å². The van der Waals surface area contributed by atoms with Crippen LogP contribution in [0.2, 0.25) is 0 Å². The second kappa shape index (κ2) is 10.4. The Morgan fingerprint density at radius 2 is 0.862 bits per heavy atom. The molecule has 160 valence electrons. The summed E-state index contributed by atoms with van der Waals surface area (Å²) in [6.07, 6.45) is 3.11. The van der Waals surface area contributed by atoms with E-state index in [9.17, 15) is 0 Å². The van der Waals surface area contributed by atoms with Crippen molar-refractivity contribution in [2.24, 2.45) is 10.8 Å². The summed E-state index contributed by atoms with van der Waals surface area (Å²) in [5.74, 6) is 3.45. The average molecular weight is 401 g/mol. The van der Waals surface area contributed by atoms with Gasteiger partial charge in [-0.3, -0.25) is 0 Å². The van der Waals surface area contributed by atoms with Crippen LogP contribution in [0.25, 0.3) is 0 Å². The maximum absolute atomic E-state index is 5.92. The van der Waals surface area contributed by atoms with Crippen LogP contribution in [0.1, 0.15) is 47.0 Å². The minimum Gasteiger partial charge on any atom is -0.497 e. The van der Waals surface area contributed by atoms with Crippen molar-refractivity contribution in [3.8, 4) is 23.0 Å². The van der Waals surface area contributed by atoms with Gasteiger partial charge in [0.2, 0.25) is 0 Å². The molecule has 0 unspecified atom stereocenters. The first-order valence-corrected chi connectivity index (χ1v) is 10.3. The predicted molar refractivity (Wildman–Crippen MR) is 118 cm³/mol. The third-order valence-electron chi connectivity index (χ3n) is 5.17. The Bertz CT molecular complexity index is 654. The zero-order valence-electron chi connectivity index (χ0n) is 18.8. The summed E-state index contributed by atoms with van der Waals surface area (Å²) >= 11 is 0. The summed E-state index contributed by atoms with van der Waals surface area (Å²) in [4.78, 5) is 0. The third-order valence-corrected chi connectivity index (χ3v) is 5.17. The van der Waals surface area contributed by atoms with E-state index >= 15 is 0 Å². The number of methoxy groups -OCH3 is 2. The Kier molecular flexibility index (Phi) is 8.24. The first-order valence-electron chi connectivity index (χ1n) is 10.3. The number of benzene rings is 2. The molecule has 0 N–H and O–H groups in total. The van der Waals surface area contributed by atoms with E-state index in [0.717, 1.165) is 42.3 Å². The summed E-state index contributed by atoms with van der Waals surface area (Å²) in [5, 5.41) is 0. The zero-order chi connectivity index (χ0) is 21.3. The first kappa shape index (κ1) is 22.9. The van der Waals surface area contributed by atoms with Gasteiger partial charge in [0.15, 0.2) is 0 Å². The van der Waals surface area contributed by atoms with Crippen molar-refractivity contribution in [2.45, 2.75) is 47.0 Å². The monoisotopic (exact) mass is 400 g/mol. The molecule has 4 heteroatoms. The smallest absolute Gasteiger partial charge is 0.119 e. The number of rotatable bonds is 12. The van der Waals surface area contributed by atoms with Gasteiger partial charge in [0.05, 0.1) is 27.4 Å². The Labute approximate surface area is 176 Å². The topological polar surface area (TPSA) is 36.9 Å². The molecule has 4 nitrogen and oxygen atoms in total. The molecule has 0 amide bonds. The molecule has 0 heterocycles. The molecule has 0 fully saturated rings. The van der Waals surface area contributed by atoms with Crippen LogP contribution in [0, 0.1) is 10.8 Å². The Morgan fingerprint density at radius 3 is 1.17 bits per heavy atom. The largest absolute Gasteiger partial charge is 0.497 e. The predicted octanol–water partition coefficient (Wildman–Crippen LogP) is 6.38. The first-order chi connectivity index (χ1) is 13.7. The van der Waals surface area contributed by atoms with Crippen LogP contribution in [-0.2, 0) is 0 Å². The van der Waals surface area contributed by atoms with Gasteiger partial charge in [-0.25, -0.2) is 0 Å². The Balaban J connectivity index is 1.74. The molecule has 0 spiro atoms. The lowest BCUT2D eigenvalue weighted by atomic mass is 9.72. The molecule has 0 saturated carbocycles. The molecule has 0 aliphatic heterocycles. The van der Waals surface area contributed by atoms with Crippen molar-refractivity contribution >= 4 is 0 Å². The SMILES string of the molecule is COc1ccc(OCCC(C)(C)CC(C)(C)CCOc2ccc(OC)cc2)cc1. The standard InChI is InChI=1S/C25H36O4/c1-24(2,15-17-28-22-11-7-20(26-5)8-12-22)19-25(3,4)16-18-29-23-13-9-21(27-6)10-14-23/h7-14H,15-19H2,1-6H3. The second-order valence-corrected chi connectivity index (χ2v) is 9.05. The lowest BCUT2D eigenvalue weighted by molar-refractivity contribution is 0.128. The molecule has 0 radical (unpaired) electrons. The summed E-state index contributed by atoms with van der Waals surface area (Å²) < 4.78 is 22.2. The molecule has 0 aliphatic rings. The molecule has 0 bridgehead atoms. The summed E-state index contributed by atoms with van der Waals surface area (Å²) in [7, 11) is 3.34. The number of ether oxygens (including phenoxy) is 4. The molecular formula is C25H36O4. The van der Waals surface area contributed by atoms with E-state index in [1.165, 1.54) is 0 Å². The molecule has 2 aromatic rings. The van der Waals surface area contributed by atoms with Gasteiger partial charge in [0.1, 0.15) is 23.0 Å². The van der Waals surface area contributed by atoms with Gasteiger partial charge in [0, 0.05) is 0 Å². The average Bonchev–Trinajstić information content (AvgIpc) is 2.68. The highest BCUT2D eigenvalue weighted by Crippen LogP contribution is 2.38. The molecule has 29 heavy (non-hydrogen) atoms. The van der Waals surface area contributed by atoms with Crippen molar-refractivity contribution in [2.75, 3.05) is 27.4 Å². The van der Waals surface area contributed by atoms with Gasteiger partial charge < -0.3 is 18.9 Å². The summed E-state index contributed by atoms with van der Waals surface area (Å²) in [6.45, 7) is 10.7. The lowest BCUT2D eigenvalue weighted by Crippen LogP contribution is -2.26. The van der Waals surface area contributed by atoms with E-state index in [2.05, 4.69) is 27.7 Å². The fourth-order valence-electron chi connectivity index (χ4n) is 3.71. The second-order valence-electron chi connectivity index (χ2n) is 9.05. The van der Waals surface area contributed by atoms with E-state index in [0.29, 0.717) is 13.2 Å². The quantitative estimate of drug-likeness (QED) is 0.414. The highest BCUT2D eigenvalue weighted by Gasteiger charge is 2.28. The number of hydrogen-bond donors (Lipinski definition) is 0. The van der Waals surface area contributed by atoms with Crippen LogP contribution in [0.15, 0.2) is 48.5 Å². The van der Waals surface area contributed by atoms with Crippen LogP contribution in [0.4, 0.5) is 0 Å². The van der Waals surface area contributed by atoms with Crippen LogP contribution >= 0.6 is 0 Å². The van der Waals surface area contributed by atoms with Crippen LogP contribution < -0.4 is 18.9 Å². The van der Waals surface area contributed by atoms with E-state index in [1.54, 1.807) is 14.2 Å². The number of hydrogen-bond acceptors (Lipinski definition) is 4. The Hall–Kier alpha value is -2.36. The van der Waals surface area contributed by atoms with Crippen molar-refractivity contribution < 1.29 is 18.9 Å². The molecule has 2 aromatic carbocycles. The third kappa shape index (κ3) is 8.26. The maximum atomic E-state index is 5.92. The van der Waals surface area contributed by atoms with E-state index in [4.69, 9.17) is 18.9 Å². The normalized spacial score (nSPS) is 11.8. The van der Waals surface area contributed by atoms with Gasteiger partial charge in [-0.1, -0.05) is 27.7 Å². The van der Waals surface area contributed by atoms with Crippen molar-refractivity contribution in [1.29, 1.82) is 0 Å². The highest BCUT2D eigenvalue weighted by atomic mass is 16.5. The maximum Gasteiger partial charge on any atom is 0.119 e. The molecule has 0 aliphatic carbocycles. The van der Waals surface area contributed by atoms with Gasteiger partial charge >= 0.3 is 0 Å². The Morgan fingerprint density at radius 1 is 0.552 bits per heavy atom. The molecule has 0 aromatic heterocycles. The van der Waals surface area contributed by atoms with Gasteiger partial charge in [-0.05, 0) is 78.6 Å². The van der Waals surface area contributed by atoms with Crippen LogP contribution in [-0.4, -0.2) is 27.4 Å². The fourth-order valence-corrected chi connectivity index (χ4v) is 3.71. The minimum absolute atomic E-state index is 0.191. The molecular weight excluding hydrogens is 364 g/mol. The highest BCUT2D eigenvalue weighted by molar-refractivity contribution is 5.31. The molecule has 2 rings (SSSR count). The van der Waals surface area contributed by atoms with Gasteiger partial charge in [-0.15, -0.1) is 0 Å². The van der Waals surface area contributed by atoms with Crippen LogP contribution in [0.5, 0.6) is 23.0 Å². The van der Waals surface area contributed by atoms with Gasteiger partial charge in [0.25, 0.3) is 0 Å². The van der Waals surface area contributed by atoms with Crippen molar-refractivity contribution in [3.05, 3.63) is 48.5 Å². The minimum atomic E-state index is 0.191. The molecule has 0 atom stereocenters. The van der Waals surface area contributed by atoms with E-state index < -0.39 is 0 Å². The zero-order valence-corrected chi connectivity index (χ0v) is 18.8. The lowest BCUT2D eigenvalue weighted by Gasteiger charge is -2.35. The van der Waals surface area contributed by atoms with Crippen LogP contribution in [0.3, 0.4) is 0 Å². The molecule has 0 saturated heterocycles. The van der Waals surface area contributed by atoms with E-state index in [1.807, 2.05) is 48.5 Å². The summed E-state index contributed by atoms with van der Waals surface area (Å²) in [5.41, 5.74) is 0.381. The van der Waals surface area contributed by atoms with Gasteiger partial charge in [-0.2, -0.15) is 0 Å².